The van der Waals surface area contributed by atoms with E-state index < -0.39 is 0 Å². The zero-order valence-electron chi connectivity index (χ0n) is 10.3. The maximum atomic E-state index is 11.6. The molecule has 0 saturated carbocycles. The molecule has 3 heterocycles. The van der Waals surface area contributed by atoms with Gasteiger partial charge >= 0.3 is 0 Å². The Balaban J connectivity index is 1.70. The molecule has 1 aromatic rings. The van der Waals surface area contributed by atoms with Gasteiger partial charge in [-0.05, 0) is 48.6 Å². The van der Waals surface area contributed by atoms with E-state index in [0.29, 0.717) is 23.9 Å². The molecule has 2 nitrogen and oxygen atoms in total. The normalized spacial score (nSPS) is 30.8. The molecule has 0 amide bonds. The van der Waals surface area contributed by atoms with E-state index in [1.54, 1.807) is 11.3 Å². The molecule has 3 heteroatoms. The van der Waals surface area contributed by atoms with Gasteiger partial charge in [0.2, 0.25) is 0 Å². The van der Waals surface area contributed by atoms with E-state index >= 15 is 0 Å². The van der Waals surface area contributed by atoms with E-state index in [1.807, 2.05) is 0 Å². The average Bonchev–Trinajstić information content (AvgIpc) is 2.86. The average molecular weight is 249 g/mol. The Hall–Kier alpha value is -0.670. The van der Waals surface area contributed by atoms with Crippen molar-refractivity contribution in [1.29, 1.82) is 0 Å². The van der Waals surface area contributed by atoms with Gasteiger partial charge in [0.05, 0.1) is 0 Å². The molecule has 3 atom stereocenters. The van der Waals surface area contributed by atoms with Crippen LogP contribution in [-0.2, 0) is 11.2 Å². The molecule has 0 N–H and O–H groups in total. The lowest BCUT2D eigenvalue weighted by Gasteiger charge is -2.38. The van der Waals surface area contributed by atoms with Crippen molar-refractivity contribution in [1.82, 2.24) is 4.90 Å². The van der Waals surface area contributed by atoms with Gasteiger partial charge in [0.25, 0.3) is 0 Å². The number of nitrogens with zero attached hydrogens (tertiary/aromatic N) is 1. The molecule has 2 aliphatic heterocycles. The summed E-state index contributed by atoms with van der Waals surface area (Å²) in [6, 6.07) is 3.87. The molecule has 3 unspecified atom stereocenters. The molecule has 0 aromatic carbocycles. The first-order chi connectivity index (χ1) is 8.24. The third-order valence-corrected chi connectivity index (χ3v) is 4.96. The largest absolute Gasteiger partial charge is 0.300 e. The van der Waals surface area contributed by atoms with Gasteiger partial charge in [-0.25, -0.2) is 0 Å². The molecular formula is C14H19NOS. The summed E-state index contributed by atoms with van der Waals surface area (Å²) >= 11 is 1.77. The second-order valence-corrected chi connectivity index (χ2v) is 6.24. The summed E-state index contributed by atoms with van der Waals surface area (Å²) in [5.74, 6) is 0.483. The van der Waals surface area contributed by atoms with Crippen LogP contribution in [0.1, 0.15) is 38.2 Å². The van der Waals surface area contributed by atoms with Crippen LogP contribution in [0.25, 0.3) is 0 Å². The molecule has 2 saturated heterocycles. The molecule has 2 bridgehead atoms. The number of hydrogen-bond donors (Lipinski definition) is 0. The van der Waals surface area contributed by atoms with Crippen LogP contribution in [-0.4, -0.2) is 28.8 Å². The van der Waals surface area contributed by atoms with Crippen LogP contribution in [0.4, 0.5) is 0 Å². The first-order valence-electron chi connectivity index (χ1n) is 6.54. The number of hydrogen-bond acceptors (Lipinski definition) is 3. The first-order valence-corrected chi connectivity index (χ1v) is 7.48. The van der Waals surface area contributed by atoms with E-state index in [1.165, 1.54) is 18.4 Å². The van der Waals surface area contributed by atoms with Gasteiger partial charge in [0, 0.05) is 31.0 Å². The van der Waals surface area contributed by atoms with Gasteiger partial charge in [0.15, 0.2) is 0 Å². The highest BCUT2D eigenvalue weighted by Crippen LogP contribution is 2.36. The van der Waals surface area contributed by atoms with Gasteiger partial charge in [0.1, 0.15) is 5.78 Å². The Labute approximate surface area is 107 Å². The van der Waals surface area contributed by atoms with Crippen molar-refractivity contribution < 1.29 is 4.79 Å². The minimum atomic E-state index is 0.483. The SMILES string of the molecule is CC(Cc1ccsc1)N1C2CCC1CC(=O)C2. The molecule has 0 aliphatic carbocycles. The number of fused-ring (bicyclic) bond motifs is 2. The topological polar surface area (TPSA) is 20.3 Å². The van der Waals surface area contributed by atoms with E-state index in [2.05, 4.69) is 28.7 Å². The monoisotopic (exact) mass is 249 g/mol. The first kappa shape index (κ1) is 11.4. The summed E-state index contributed by atoms with van der Waals surface area (Å²) in [6.07, 6.45) is 5.18. The van der Waals surface area contributed by atoms with Crippen molar-refractivity contribution in [3.8, 4) is 0 Å². The Kier molecular flexibility index (Phi) is 3.05. The van der Waals surface area contributed by atoms with Crippen molar-refractivity contribution in [3.05, 3.63) is 22.4 Å². The van der Waals surface area contributed by atoms with E-state index in [4.69, 9.17) is 0 Å². The molecule has 92 valence electrons. The number of Topliss-reactive ketones (excluding diaryl/α,β-unsaturated/α-hetero) is 1. The van der Waals surface area contributed by atoms with E-state index in [0.717, 1.165) is 19.3 Å². The van der Waals surface area contributed by atoms with Crippen LogP contribution >= 0.6 is 11.3 Å². The number of carbonyl (C=O) groups excluding carboxylic acids is 1. The number of piperidine rings is 1. The molecule has 2 fully saturated rings. The molecule has 17 heavy (non-hydrogen) atoms. The second kappa shape index (κ2) is 4.54. The van der Waals surface area contributed by atoms with Crippen molar-refractivity contribution in [3.63, 3.8) is 0 Å². The number of carbonyl (C=O) groups is 1. The summed E-state index contributed by atoms with van der Waals surface area (Å²) < 4.78 is 0. The third-order valence-electron chi connectivity index (χ3n) is 4.22. The van der Waals surface area contributed by atoms with Crippen LogP contribution < -0.4 is 0 Å². The summed E-state index contributed by atoms with van der Waals surface area (Å²) in [5.41, 5.74) is 1.44. The van der Waals surface area contributed by atoms with Crippen LogP contribution in [0.2, 0.25) is 0 Å². The molecule has 0 spiro atoms. The molecule has 3 rings (SSSR count). The maximum Gasteiger partial charge on any atom is 0.136 e. The fraction of sp³-hybridized carbons (Fsp3) is 0.643. The van der Waals surface area contributed by atoms with Crippen molar-refractivity contribution >= 4 is 17.1 Å². The summed E-state index contributed by atoms with van der Waals surface area (Å²) in [7, 11) is 0. The molecule has 1 aromatic heterocycles. The van der Waals surface area contributed by atoms with Gasteiger partial charge < -0.3 is 0 Å². The van der Waals surface area contributed by atoms with Crippen molar-refractivity contribution in [2.24, 2.45) is 0 Å². The zero-order chi connectivity index (χ0) is 11.8. The fourth-order valence-corrected chi connectivity index (χ4v) is 4.26. The predicted molar refractivity (Wildman–Crippen MR) is 70.4 cm³/mol. The van der Waals surface area contributed by atoms with Crippen molar-refractivity contribution in [2.75, 3.05) is 0 Å². The third kappa shape index (κ3) is 2.18. The van der Waals surface area contributed by atoms with Gasteiger partial charge in [-0.15, -0.1) is 0 Å². The molecule has 0 radical (unpaired) electrons. The minimum absolute atomic E-state index is 0.483. The van der Waals surface area contributed by atoms with E-state index in [9.17, 15) is 4.79 Å². The highest BCUT2D eigenvalue weighted by Gasteiger charge is 2.41. The fourth-order valence-electron chi connectivity index (χ4n) is 3.58. The Morgan fingerprint density at radius 3 is 2.71 bits per heavy atom. The lowest BCUT2D eigenvalue weighted by atomic mass is 9.97. The highest BCUT2D eigenvalue weighted by molar-refractivity contribution is 7.07. The van der Waals surface area contributed by atoms with Crippen LogP contribution in [0, 0.1) is 0 Å². The van der Waals surface area contributed by atoms with Crippen LogP contribution in [0.3, 0.4) is 0 Å². The van der Waals surface area contributed by atoms with Gasteiger partial charge in [-0.2, -0.15) is 11.3 Å². The van der Waals surface area contributed by atoms with Crippen LogP contribution in [0.15, 0.2) is 16.8 Å². The molecule has 2 aliphatic rings. The Morgan fingerprint density at radius 1 is 1.41 bits per heavy atom. The smallest absolute Gasteiger partial charge is 0.136 e. The van der Waals surface area contributed by atoms with Crippen LogP contribution in [0.5, 0.6) is 0 Å². The lowest BCUT2D eigenvalue weighted by Crippen LogP contribution is -2.48. The highest BCUT2D eigenvalue weighted by atomic mass is 32.1. The van der Waals surface area contributed by atoms with Gasteiger partial charge in [-0.3, -0.25) is 9.69 Å². The summed E-state index contributed by atoms with van der Waals surface area (Å²) in [5, 5.41) is 4.39. The molecular weight excluding hydrogens is 230 g/mol. The van der Waals surface area contributed by atoms with Gasteiger partial charge in [-0.1, -0.05) is 0 Å². The summed E-state index contributed by atoms with van der Waals surface area (Å²) in [4.78, 5) is 14.2. The van der Waals surface area contributed by atoms with E-state index in [-0.39, 0.29) is 0 Å². The standard InChI is InChI=1S/C14H19NOS/c1-10(6-11-4-5-17-9-11)15-12-2-3-13(15)8-14(16)7-12/h4-5,9-10,12-13H,2-3,6-8H2,1H3. The maximum absolute atomic E-state index is 11.6. The minimum Gasteiger partial charge on any atom is -0.300 e. The second-order valence-electron chi connectivity index (χ2n) is 5.46. The zero-order valence-corrected chi connectivity index (χ0v) is 11.1. The quantitative estimate of drug-likeness (QED) is 0.821. The Bertz CT molecular complexity index is 384. The Morgan fingerprint density at radius 2 is 2.12 bits per heavy atom. The lowest BCUT2D eigenvalue weighted by molar-refractivity contribution is -0.124. The number of thiophene rings is 1. The van der Waals surface area contributed by atoms with Crippen molar-refractivity contribution in [2.45, 2.75) is 57.2 Å². The number of ketones is 1. The summed E-state index contributed by atoms with van der Waals surface area (Å²) in [6.45, 7) is 2.32. The predicted octanol–water partition coefficient (Wildman–Crippen LogP) is 2.88. The number of rotatable bonds is 3.